The summed E-state index contributed by atoms with van der Waals surface area (Å²) in [4.78, 5) is 74.1. The average molecular weight is 563 g/mol. The zero-order valence-corrected chi connectivity index (χ0v) is 22.8. The van der Waals surface area contributed by atoms with Crippen LogP contribution < -0.4 is 21.5 Å². The Kier molecular flexibility index (Phi) is 6.04. The van der Waals surface area contributed by atoms with Gasteiger partial charge in [-0.25, -0.2) is 34.1 Å². The molecule has 4 aromatic rings. The van der Waals surface area contributed by atoms with Crippen LogP contribution in [0, 0.1) is 11.8 Å². The molecule has 14 nitrogen and oxygen atoms in total. The number of piperidine rings is 1. The molecule has 0 radical (unpaired) electrons. The van der Waals surface area contributed by atoms with Crippen LogP contribution in [0.5, 0.6) is 0 Å². The van der Waals surface area contributed by atoms with E-state index in [1.807, 2.05) is 4.90 Å². The van der Waals surface area contributed by atoms with Crippen molar-refractivity contribution in [3.63, 3.8) is 0 Å². The summed E-state index contributed by atoms with van der Waals surface area (Å²) in [7, 11) is 1.44. The van der Waals surface area contributed by atoms with Crippen LogP contribution in [-0.2, 0) is 23.2 Å². The molecule has 4 aromatic heterocycles. The number of ketones is 1. The van der Waals surface area contributed by atoms with E-state index < -0.39 is 35.4 Å². The van der Waals surface area contributed by atoms with Gasteiger partial charge in [0, 0.05) is 50.6 Å². The number of Topliss-reactive ketones (excluding diaryl/α,β-unsaturated/α-hetero) is 1. The Hall–Kier alpha value is -4.82. The second-order valence-corrected chi connectivity index (χ2v) is 10.7. The van der Waals surface area contributed by atoms with Crippen LogP contribution in [0.15, 0.2) is 40.6 Å². The van der Waals surface area contributed by atoms with Gasteiger partial charge in [-0.2, -0.15) is 0 Å². The molecule has 6 rings (SSSR count). The van der Waals surface area contributed by atoms with E-state index in [2.05, 4.69) is 30.2 Å². The van der Waals surface area contributed by atoms with E-state index in [1.54, 1.807) is 26.2 Å². The molecule has 1 saturated heterocycles. The van der Waals surface area contributed by atoms with Crippen molar-refractivity contribution in [3.05, 3.63) is 51.8 Å². The Morgan fingerprint density at radius 1 is 1.15 bits per heavy atom. The summed E-state index contributed by atoms with van der Waals surface area (Å²) < 4.78 is 17.5. The van der Waals surface area contributed by atoms with Crippen molar-refractivity contribution < 1.29 is 14.0 Å². The first-order valence-corrected chi connectivity index (χ1v) is 13.0. The quantitative estimate of drug-likeness (QED) is 0.340. The number of rotatable bonds is 7. The van der Waals surface area contributed by atoms with Gasteiger partial charge in [-0.3, -0.25) is 23.5 Å². The number of carbonyl (C=O) groups excluding carboxylic acids is 2. The van der Waals surface area contributed by atoms with Crippen LogP contribution in [-0.4, -0.2) is 69.1 Å². The van der Waals surface area contributed by atoms with Gasteiger partial charge in [0.1, 0.15) is 23.3 Å². The average Bonchev–Trinajstić information content (AvgIpc) is 3.38. The molecule has 41 heavy (non-hydrogen) atoms. The highest BCUT2D eigenvalue weighted by molar-refractivity contribution is 5.93. The maximum absolute atomic E-state index is 14.2. The number of amides is 1. The number of hydrogen-bond acceptors (Lipinski definition) is 10. The van der Waals surface area contributed by atoms with Gasteiger partial charge in [0.2, 0.25) is 11.9 Å². The van der Waals surface area contributed by atoms with Crippen molar-refractivity contribution in [1.29, 1.82) is 0 Å². The number of aromatic nitrogens is 8. The Labute approximate surface area is 231 Å². The molecular formula is C26H27FN10O4. The van der Waals surface area contributed by atoms with Crippen molar-refractivity contribution >= 4 is 34.6 Å². The van der Waals surface area contributed by atoms with Gasteiger partial charge in [0.05, 0.1) is 18.4 Å². The van der Waals surface area contributed by atoms with Crippen molar-refractivity contribution in [2.75, 3.05) is 23.3 Å². The Bertz CT molecular complexity index is 1810. The molecule has 2 fully saturated rings. The maximum atomic E-state index is 14.2. The SMILES string of the molecule is CC(=O)Cn1c(=O)c2c(ncn2[C@@H](C)C(=O)Nc2ccnc(-c3cnc(N4CC5C(C4)C5(C)F)nc3)n2)n(C)c1=O. The molecule has 2 aliphatic rings. The van der Waals surface area contributed by atoms with E-state index in [9.17, 15) is 23.6 Å². The van der Waals surface area contributed by atoms with E-state index in [1.165, 1.54) is 37.1 Å². The molecule has 2 unspecified atom stereocenters. The van der Waals surface area contributed by atoms with Crippen LogP contribution in [0.1, 0.15) is 26.8 Å². The molecule has 1 amide bonds. The molecule has 15 heteroatoms. The number of halogens is 1. The third kappa shape index (κ3) is 4.37. The highest BCUT2D eigenvalue weighted by Gasteiger charge is 2.67. The number of hydrogen-bond donors (Lipinski definition) is 1. The lowest BCUT2D eigenvalue weighted by molar-refractivity contribution is -0.119. The van der Waals surface area contributed by atoms with Gasteiger partial charge in [-0.1, -0.05) is 0 Å². The highest BCUT2D eigenvalue weighted by atomic mass is 19.1. The maximum Gasteiger partial charge on any atom is 0.332 e. The van der Waals surface area contributed by atoms with Gasteiger partial charge < -0.3 is 14.8 Å². The van der Waals surface area contributed by atoms with Crippen molar-refractivity contribution in [2.45, 2.75) is 39.0 Å². The monoisotopic (exact) mass is 562 g/mol. The molecule has 212 valence electrons. The Balaban J connectivity index is 1.20. The highest BCUT2D eigenvalue weighted by Crippen LogP contribution is 2.58. The van der Waals surface area contributed by atoms with Crippen LogP contribution in [0.3, 0.4) is 0 Å². The molecule has 1 aliphatic heterocycles. The number of aryl methyl sites for hydroxylation is 1. The van der Waals surface area contributed by atoms with E-state index >= 15 is 0 Å². The predicted molar refractivity (Wildman–Crippen MR) is 145 cm³/mol. The number of carbonyl (C=O) groups is 2. The fourth-order valence-corrected chi connectivity index (χ4v) is 5.45. The summed E-state index contributed by atoms with van der Waals surface area (Å²) >= 11 is 0. The molecule has 5 heterocycles. The number of nitrogens with one attached hydrogen (secondary N) is 1. The topological polar surface area (TPSA) is 163 Å². The van der Waals surface area contributed by atoms with Crippen LogP contribution >= 0.6 is 0 Å². The van der Waals surface area contributed by atoms with Crippen LogP contribution in [0.25, 0.3) is 22.6 Å². The summed E-state index contributed by atoms with van der Waals surface area (Å²) in [6.07, 6.45) is 5.95. The van der Waals surface area contributed by atoms with Gasteiger partial charge in [-0.15, -0.1) is 0 Å². The lowest BCUT2D eigenvalue weighted by Gasteiger charge is -2.20. The number of anilines is 2. The van der Waals surface area contributed by atoms with Gasteiger partial charge >= 0.3 is 5.69 Å². The zero-order valence-electron chi connectivity index (χ0n) is 22.8. The van der Waals surface area contributed by atoms with E-state index in [4.69, 9.17) is 0 Å². The summed E-state index contributed by atoms with van der Waals surface area (Å²) in [6, 6.07) is 0.596. The van der Waals surface area contributed by atoms with E-state index in [0.29, 0.717) is 24.6 Å². The Morgan fingerprint density at radius 3 is 2.49 bits per heavy atom. The number of imidazole rings is 1. The molecule has 0 spiro atoms. The van der Waals surface area contributed by atoms with Crippen LogP contribution in [0.4, 0.5) is 16.2 Å². The van der Waals surface area contributed by atoms with Gasteiger partial charge in [0.15, 0.2) is 17.0 Å². The fourth-order valence-electron chi connectivity index (χ4n) is 5.45. The fraction of sp³-hybridized carbons (Fsp3) is 0.423. The normalized spacial score (nSPS) is 22.0. The van der Waals surface area contributed by atoms with Crippen molar-refractivity contribution in [3.8, 4) is 11.4 Å². The second kappa shape index (κ2) is 9.38. The predicted octanol–water partition coefficient (Wildman–Crippen LogP) is 0.727. The Morgan fingerprint density at radius 2 is 1.83 bits per heavy atom. The molecule has 0 bridgehead atoms. The van der Waals surface area contributed by atoms with Gasteiger partial charge in [0.25, 0.3) is 5.56 Å². The minimum absolute atomic E-state index is 0.0167. The summed E-state index contributed by atoms with van der Waals surface area (Å²) in [5.41, 5.74) is -1.84. The molecule has 1 N–H and O–H groups in total. The standard InChI is InChI=1S/C26H27FN10O4/c1-13(38)9-36-23(40)19-21(34(4)25(36)41)31-12-37(19)14(2)22(39)33-18-5-6-28-20(32-18)15-7-29-24(30-8-15)35-10-16-17(11-35)26(16,3)27/h5-8,12,14,16-17H,9-11H2,1-4H3,(H,28,32,33,39)/t14-,16?,17?,26?/m0/s1. The van der Waals surface area contributed by atoms with Crippen molar-refractivity contribution in [1.82, 2.24) is 38.6 Å². The molecule has 1 saturated carbocycles. The van der Waals surface area contributed by atoms with Gasteiger partial charge in [-0.05, 0) is 26.8 Å². The first-order chi connectivity index (χ1) is 19.5. The minimum Gasteiger partial charge on any atom is -0.340 e. The second-order valence-electron chi connectivity index (χ2n) is 10.7. The van der Waals surface area contributed by atoms with E-state index in [-0.39, 0.29) is 40.4 Å². The van der Waals surface area contributed by atoms with E-state index in [0.717, 1.165) is 9.13 Å². The first-order valence-electron chi connectivity index (χ1n) is 13.0. The summed E-state index contributed by atoms with van der Waals surface area (Å²) in [5.74, 6) is 0.191. The van der Waals surface area contributed by atoms with Crippen molar-refractivity contribution in [2.24, 2.45) is 18.9 Å². The lowest BCUT2D eigenvalue weighted by Crippen LogP contribution is -2.41. The molecule has 1 aliphatic carbocycles. The minimum atomic E-state index is -1.09. The molecule has 0 aromatic carbocycles. The number of nitrogens with zero attached hydrogens (tertiary/aromatic N) is 9. The smallest absolute Gasteiger partial charge is 0.332 e. The number of alkyl halides is 1. The summed E-state index contributed by atoms with van der Waals surface area (Å²) in [5, 5.41) is 2.72. The molecule has 3 atom stereocenters. The first kappa shape index (κ1) is 26.4. The lowest BCUT2D eigenvalue weighted by atomic mass is 10.2. The largest absolute Gasteiger partial charge is 0.340 e. The van der Waals surface area contributed by atoms with Crippen LogP contribution in [0.2, 0.25) is 0 Å². The third-order valence-electron chi connectivity index (χ3n) is 7.98. The number of fused-ring (bicyclic) bond motifs is 2. The molecular weight excluding hydrogens is 535 g/mol. The summed E-state index contributed by atoms with van der Waals surface area (Å²) in [6.45, 7) is 5.26. The zero-order chi connectivity index (χ0) is 29.2. The third-order valence-corrected chi connectivity index (χ3v) is 7.98.